The summed E-state index contributed by atoms with van der Waals surface area (Å²) in [5.74, 6) is -0.830. The van der Waals surface area contributed by atoms with E-state index < -0.39 is 26.5 Å². The number of rotatable bonds is 68. The number of phosphoric ester groups is 1. The minimum atomic E-state index is -4.41. The number of hydrogen-bond acceptors (Lipinski definition) is 7. The van der Waals surface area contributed by atoms with Crippen LogP contribution in [0.3, 0.4) is 0 Å². The fourth-order valence-corrected chi connectivity index (χ4v) is 10.7. The molecule has 0 aromatic heterocycles. The predicted molar refractivity (Wildman–Crippen MR) is 408 cm³/mol. The normalized spacial score (nSPS) is 14.1. The number of carbonyl (C=O) groups is 2. The monoisotopic (exact) mass is 1320 g/mol. The molecule has 0 aromatic carbocycles. The van der Waals surface area contributed by atoms with Crippen LogP contribution in [0, 0.1) is 0 Å². The van der Waals surface area contributed by atoms with E-state index in [4.69, 9.17) is 18.5 Å². The summed E-state index contributed by atoms with van der Waals surface area (Å²) in [6.07, 6.45) is 110. The van der Waals surface area contributed by atoms with Crippen LogP contribution < -0.4 is 0 Å². The lowest BCUT2D eigenvalue weighted by molar-refractivity contribution is -0.870. The molecule has 2 atom stereocenters. The van der Waals surface area contributed by atoms with Gasteiger partial charge < -0.3 is 18.9 Å². The Balaban J connectivity index is 4.14. The van der Waals surface area contributed by atoms with Crippen molar-refractivity contribution in [1.82, 2.24) is 0 Å². The van der Waals surface area contributed by atoms with Gasteiger partial charge in [-0.05, 0) is 135 Å². The zero-order valence-electron chi connectivity index (χ0n) is 60.9. The SMILES string of the molecule is CC/C=C\C/C=C\C/C=C\C/C=C\C/C=C\C/C=C\C/C=C\C/C=C\C/C=C\C/C=C\C/C=C\C/C=C\CCCCCCC(=O)OC(COC(=O)CCCCCCCCCCCCCCCCCCC/C=C\C/C=C\CCCCCCC)COP(=O)(O)OCC[N+](C)(C)C. The molecule has 534 valence electrons. The molecule has 0 amide bonds. The van der Waals surface area contributed by atoms with Gasteiger partial charge in [0.2, 0.25) is 0 Å². The molecule has 0 aliphatic carbocycles. The van der Waals surface area contributed by atoms with Gasteiger partial charge in [-0.25, -0.2) is 4.57 Å². The number of ether oxygens (including phenoxy) is 2. The number of phosphoric acid groups is 1. The highest BCUT2D eigenvalue weighted by Crippen LogP contribution is 2.43. The maximum atomic E-state index is 12.9. The van der Waals surface area contributed by atoms with Crippen LogP contribution in [-0.2, 0) is 32.7 Å². The standard InChI is InChI=1S/C84H140NO8P/c1-6-8-10-12-14-16-18-20-22-24-26-28-30-32-34-36-37-38-39-40-41-42-43-44-45-46-47-49-51-53-55-57-59-61-63-65-67-69-71-73-75-77-84(87)93-82(81-92-94(88,89)91-79-78-85(3,4)5)80-90-83(86)76-74-72-70-68-66-64-62-60-58-56-54-52-50-48-35-33-31-29-27-25-23-21-19-17-15-13-11-9-7-2/h8,10,14,16,19-22,25-28,32,34,37-38,40-41,43-44,46-47,51,53,57,59,63,65,82H,6-7,9,11-13,15,17-18,23-24,29-31,33,35-36,39,42,45,48-50,52,54-56,58,60-62,64,66-81H2,1-5H3/p+1/b10-8-,16-14-,21-19-,22-20-,27-25-,28-26-,34-32-,38-37-,41-40-,44-43-,47-46-,53-51-,59-57-,65-63-. The summed E-state index contributed by atoms with van der Waals surface area (Å²) in [5, 5.41) is 0. The molecular weight excluding hydrogens is 1180 g/mol. The molecule has 1 N–H and O–H groups in total. The fourth-order valence-electron chi connectivity index (χ4n) is 9.97. The maximum Gasteiger partial charge on any atom is 0.472 e. The second-order valence-electron chi connectivity index (χ2n) is 25.9. The predicted octanol–water partition coefficient (Wildman–Crippen LogP) is 25.3. The van der Waals surface area contributed by atoms with Crippen LogP contribution >= 0.6 is 7.82 Å². The van der Waals surface area contributed by atoms with Gasteiger partial charge in [-0.2, -0.15) is 0 Å². The van der Waals surface area contributed by atoms with Crippen molar-refractivity contribution >= 4 is 19.8 Å². The van der Waals surface area contributed by atoms with Gasteiger partial charge in [0.25, 0.3) is 0 Å². The van der Waals surface area contributed by atoms with Gasteiger partial charge in [-0.15, -0.1) is 0 Å². The van der Waals surface area contributed by atoms with Crippen molar-refractivity contribution in [2.24, 2.45) is 0 Å². The Bertz CT molecular complexity index is 2200. The first-order chi connectivity index (χ1) is 46.0. The molecule has 0 aliphatic rings. The van der Waals surface area contributed by atoms with E-state index in [2.05, 4.69) is 184 Å². The second kappa shape index (κ2) is 72.6. The van der Waals surface area contributed by atoms with Crippen molar-refractivity contribution in [3.8, 4) is 0 Å². The van der Waals surface area contributed by atoms with Gasteiger partial charge in [0.15, 0.2) is 6.10 Å². The van der Waals surface area contributed by atoms with Crippen molar-refractivity contribution in [2.45, 2.75) is 302 Å². The van der Waals surface area contributed by atoms with Crippen LogP contribution in [-0.4, -0.2) is 74.9 Å². The highest BCUT2D eigenvalue weighted by molar-refractivity contribution is 7.47. The number of hydrogen-bond donors (Lipinski definition) is 1. The van der Waals surface area contributed by atoms with Crippen LogP contribution in [0.1, 0.15) is 296 Å². The molecule has 0 fully saturated rings. The Morgan fingerprint density at radius 2 is 0.606 bits per heavy atom. The largest absolute Gasteiger partial charge is 0.472 e. The first kappa shape index (κ1) is 89.4. The molecular formula is C84H141NO8P+. The van der Waals surface area contributed by atoms with E-state index in [1.54, 1.807) is 0 Å². The minimum Gasteiger partial charge on any atom is -0.462 e. The van der Waals surface area contributed by atoms with Gasteiger partial charge in [-0.1, -0.05) is 319 Å². The molecule has 0 saturated carbocycles. The van der Waals surface area contributed by atoms with Gasteiger partial charge in [-0.3, -0.25) is 18.6 Å². The topological polar surface area (TPSA) is 108 Å². The summed E-state index contributed by atoms with van der Waals surface area (Å²) in [7, 11) is 1.44. The maximum absolute atomic E-state index is 12.9. The van der Waals surface area contributed by atoms with E-state index in [-0.39, 0.29) is 32.0 Å². The van der Waals surface area contributed by atoms with Crippen LogP contribution in [0.5, 0.6) is 0 Å². The zero-order valence-corrected chi connectivity index (χ0v) is 61.8. The van der Waals surface area contributed by atoms with E-state index >= 15 is 0 Å². The van der Waals surface area contributed by atoms with E-state index in [9.17, 15) is 19.0 Å². The molecule has 0 aliphatic heterocycles. The molecule has 0 heterocycles. The summed E-state index contributed by atoms with van der Waals surface area (Å²) in [5.41, 5.74) is 0. The molecule has 2 unspecified atom stereocenters. The van der Waals surface area contributed by atoms with Crippen LogP contribution in [0.4, 0.5) is 0 Å². The van der Waals surface area contributed by atoms with Gasteiger partial charge in [0.05, 0.1) is 27.7 Å². The Hall–Kier alpha value is -4.63. The highest BCUT2D eigenvalue weighted by atomic mass is 31.2. The van der Waals surface area contributed by atoms with Crippen LogP contribution in [0.25, 0.3) is 0 Å². The third-order valence-corrected chi connectivity index (χ3v) is 16.7. The van der Waals surface area contributed by atoms with Crippen molar-refractivity contribution < 1.29 is 42.1 Å². The summed E-state index contributed by atoms with van der Waals surface area (Å²) < 4.78 is 34.7. The Labute approximate surface area is 578 Å². The van der Waals surface area contributed by atoms with Gasteiger partial charge in [0.1, 0.15) is 19.8 Å². The highest BCUT2D eigenvalue weighted by Gasteiger charge is 2.27. The zero-order chi connectivity index (χ0) is 68.3. The Kier molecular flexibility index (Phi) is 69.1. The van der Waals surface area contributed by atoms with E-state index in [1.165, 1.54) is 135 Å². The van der Waals surface area contributed by atoms with Crippen molar-refractivity contribution in [1.29, 1.82) is 0 Å². The summed E-state index contributed by atoms with van der Waals surface area (Å²) in [6, 6.07) is 0. The third kappa shape index (κ3) is 76.4. The lowest BCUT2D eigenvalue weighted by Crippen LogP contribution is -2.37. The average molecular weight is 1320 g/mol. The molecule has 0 rings (SSSR count). The third-order valence-electron chi connectivity index (χ3n) is 15.7. The first-order valence-electron chi connectivity index (χ1n) is 37.9. The van der Waals surface area contributed by atoms with Crippen LogP contribution in [0.15, 0.2) is 170 Å². The van der Waals surface area contributed by atoms with Gasteiger partial charge in [0, 0.05) is 12.8 Å². The van der Waals surface area contributed by atoms with Crippen molar-refractivity contribution in [3.63, 3.8) is 0 Å². The average Bonchev–Trinajstić information content (AvgIpc) is 1.57. The first-order valence-corrected chi connectivity index (χ1v) is 39.4. The van der Waals surface area contributed by atoms with Crippen molar-refractivity contribution in [2.75, 3.05) is 47.5 Å². The number of likely N-dealkylation sites (N-methyl/N-ethyl adjacent to an activating group) is 1. The molecule has 0 radical (unpaired) electrons. The Morgan fingerprint density at radius 3 is 0.904 bits per heavy atom. The number of quaternary nitrogens is 1. The molecule has 0 bridgehead atoms. The molecule has 0 aromatic rings. The number of carbonyl (C=O) groups excluding carboxylic acids is 2. The molecule has 9 nitrogen and oxygen atoms in total. The second-order valence-corrected chi connectivity index (χ2v) is 27.4. The molecule has 0 saturated heterocycles. The van der Waals surface area contributed by atoms with Crippen LogP contribution in [0.2, 0.25) is 0 Å². The molecule has 94 heavy (non-hydrogen) atoms. The van der Waals surface area contributed by atoms with E-state index in [0.717, 1.165) is 128 Å². The quantitative estimate of drug-likeness (QED) is 0.0211. The Morgan fingerprint density at radius 1 is 0.340 bits per heavy atom. The minimum absolute atomic E-state index is 0.0187. The van der Waals surface area contributed by atoms with E-state index in [0.29, 0.717) is 17.4 Å². The molecule has 10 heteroatoms. The smallest absolute Gasteiger partial charge is 0.462 e. The number of unbranched alkanes of at least 4 members (excludes halogenated alkanes) is 26. The number of esters is 2. The van der Waals surface area contributed by atoms with Crippen molar-refractivity contribution in [3.05, 3.63) is 170 Å². The number of nitrogens with zero attached hydrogens (tertiary/aromatic N) is 1. The summed E-state index contributed by atoms with van der Waals surface area (Å²) >= 11 is 0. The lowest BCUT2D eigenvalue weighted by Gasteiger charge is -2.24. The van der Waals surface area contributed by atoms with E-state index in [1.807, 2.05) is 21.1 Å². The number of allylic oxidation sites excluding steroid dienone is 28. The molecule has 0 spiro atoms. The fraction of sp³-hybridized carbons (Fsp3) is 0.643. The summed E-state index contributed by atoms with van der Waals surface area (Å²) in [6.45, 7) is 4.28. The van der Waals surface area contributed by atoms with Gasteiger partial charge >= 0.3 is 19.8 Å². The summed E-state index contributed by atoms with van der Waals surface area (Å²) in [4.78, 5) is 35.9. The lowest BCUT2D eigenvalue weighted by atomic mass is 10.0.